The Hall–Kier alpha value is -2.21. The van der Waals surface area contributed by atoms with Crippen molar-refractivity contribution in [3.8, 4) is 0 Å². The molecule has 1 unspecified atom stereocenters. The zero-order valence-electron chi connectivity index (χ0n) is 12.4. The van der Waals surface area contributed by atoms with Gasteiger partial charge in [-0.1, -0.05) is 11.2 Å². The fraction of sp³-hybridized carbons (Fsp3) is 0.438. The van der Waals surface area contributed by atoms with Gasteiger partial charge in [-0.3, -0.25) is 4.79 Å². The molecule has 6 heteroatoms. The summed E-state index contributed by atoms with van der Waals surface area (Å²) >= 11 is 0. The van der Waals surface area contributed by atoms with Crippen LogP contribution in [-0.4, -0.2) is 27.5 Å². The van der Waals surface area contributed by atoms with Crippen LogP contribution in [0, 0.1) is 6.92 Å². The lowest BCUT2D eigenvalue weighted by molar-refractivity contribution is 0.0728. The van der Waals surface area contributed by atoms with Crippen LogP contribution in [0.15, 0.2) is 22.7 Å². The van der Waals surface area contributed by atoms with Crippen LogP contribution in [0.5, 0.6) is 0 Å². The number of likely N-dealkylation sites (tertiary alicyclic amines) is 1. The molecule has 2 aliphatic heterocycles. The molecule has 0 bridgehead atoms. The summed E-state index contributed by atoms with van der Waals surface area (Å²) in [5.41, 5.74) is 2.98. The second-order valence-electron chi connectivity index (χ2n) is 5.80. The van der Waals surface area contributed by atoms with Crippen molar-refractivity contribution >= 4 is 5.91 Å². The minimum atomic E-state index is -0.0885. The van der Waals surface area contributed by atoms with Crippen molar-refractivity contribution < 1.29 is 14.1 Å². The number of aryl methyl sites for hydroxylation is 1. The van der Waals surface area contributed by atoms with E-state index in [9.17, 15) is 4.79 Å². The van der Waals surface area contributed by atoms with E-state index in [0.717, 1.165) is 24.9 Å². The van der Waals surface area contributed by atoms with E-state index in [-0.39, 0.29) is 11.9 Å². The molecular formula is C16H17N3O3. The van der Waals surface area contributed by atoms with E-state index in [1.807, 2.05) is 23.1 Å². The van der Waals surface area contributed by atoms with Crippen molar-refractivity contribution in [2.24, 2.45) is 0 Å². The third-order valence-electron chi connectivity index (χ3n) is 4.32. The highest BCUT2D eigenvalue weighted by Crippen LogP contribution is 2.32. The average molecular weight is 299 g/mol. The summed E-state index contributed by atoms with van der Waals surface area (Å²) in [4.78, 5) is 19.0. The highest BCUT2D eigenvalue weighted by Gasteiger charge is 2.34. The largest absolute Gasteiger partial charge is 0.372 e. The van der Waals surface area contributed by atoms with E-state index in [1.165, 1.54) is 5.56 Å². The Morgan fingerprint density at radius 3 is 3.00 bits per heavy atom. The summed E-state index contributed by atoms with van der Waals surface area (Å²) in [6, 6.07) is 5.72. The van der Waals surface area contributed by atoms with Gasteiger partial charge in [-0.05, 0) is 36.1 Å². The molecule has 0 saturated carbocycles. The molecule has 1 atom stereocenters. The highest BCUT2D eigenvalue weighted by molar-refractivity contribution is 5.95. The molecular weight excluding hydrogens is 282 g/mol. The van der Waals surface area contributed by atoms with Gasteiger partial charge in [0.2, 0.25) is 5.89 Å². The molecule has 114 valence electrons. The monoisotopic (exact) mass is 299 g/mol. The molecule has 0 spiro atoms. The van der Waals surface area contributed by atoms with Crippen molar-refractivity contribution in [1.29, 1.82) is 0 Å². The van der Waals surface area contributed by atoms with Crippen molar-refractivity contribution in [1.82, 2.24) is 15.0 Å². The fourth-order valence-corrected chi connectivity index (χ4v) is 3.20. The first-order valence-corrected chi connectivity index (χ1v) is 7.53. The number of hydrogen-bond donors (Lipinski definition) is 0. The summed E-state index contributed by atoms with van der Waals surface area (Å²) in [7, 11) is 0. The first kappa shape index (κ1) is 13.5. The molecule has 1 amide bonds. The van der Waals surface area contributed by atoms with E-state index >= 15 is 0 Å². The Bertz CT molecular complexity index is 725. The lowest BCUT2D eigenvalue weighted by Crippen LogP contribution is -2.31. The molecule has 2 aliphatic rings. The maximum absolute atomic E-state index is 12.8. The van der Waals surface area contributed by atoms with E-state index in [0.29, 0.717) is 30.5 Å². The SMILES string of the molecule is Cc1nc(C2CCCN2C(=O)c2ccc3c(c2)COC3)no1. The first-order chi connectivity index (χ1) is 10.7. The number of ether oxygens (including phenoxy) is 1. The molecule has 1 aromatic carbocycles. The number of rotatable bonds is 2. The summed E-state index contributed by atoms with van der Waals surface area (Å²) in [5, 5.41) is 3.98. The molecule has 1 fully saturated rings. The zero-order valence-corrected chi connectivity index (χ0v) is 12.4. The lowest BCUT2D eigenvalue weighted by Gasteiger charge is -2.22. The molecule has 4 rings (SSSR count). The Balaban J connectivity index is 1.61. The van der Waals surface area contributed by atoms with E-state index in [2.05, 4.69) is 10.1 Å². The van der Waals surface area contributed by atoms with Crippen molar-refractivity contribution in [3.63, 3.8) is 0 Å². The number of nitrogens with zero attached hydrogens (tertiary/aromatic N) is 3. The molecule has 22 heavy (non-hydrogen) atoms. The average Bonchev–Trinajstić information content (AvgIpc) is 3.25. The number of fused-ring (bicyclic) bond motifs is 1. The van der Waals surface area contributed by atoms with Crippen LogP contribution in [0.2, 0.25) is 0 Å². The number of hydrogen-bond acceptors (Lipinski definition) is 5. The summed E-state index contributed by atoms with van der Waals surface area (Å²) in [5.74, 6) is 1.16. The second kappa shape index (κ2) is 5.21. The molecule has 6 nitrogen and oxygen atoms in total. The van der Waals surface area contributed by atoms with Crippen LogP contribution in [0.25, 0.3) is 0 Å². The van der Waals surface area contributed by atoms with Crippen LogP contribution < -0.4 is 0 Å². The minimum Gasteiger partial charge on any atom is -0.372 e. The van der Waals surface area contributed by atoms with Crippen LogP contribution in [-0.2, 0) is 18.0 Å². The normalized spacial score (nSPS) is 20.4. The summed E-state index contributed by atoms with van der Waals surface area (Å²) in [6.45, 7) is 3.71. The third kappa shape index (κ3) is 2.20. The molecule has 3 heterocycles. The molecule has 1 aromatic heterocycles. The number of amides is 1. The number of benzene rings is 1. The van der Waals surface area contributed by atoms with Gasteiger partial charge < -0.3 is 14.2 Å². The predicted molar refractivity (Wildman–Crippen MR) is 77.0 cm³/mol. The van der Waals surface area contributed by atoms with Gasteiger partial charge >= 0.3 is 0 Å². The number of carbonyl (C=O) groups excluding carboxylic acids is 1. The molecule has 0 aliphatic carbocycles. The molecule has 1 saturated heterocycles. The lowest BCUT2D eigenvalue weighted by atomic mass is 10.1. The Morgan fingerprint density at radius 1 is 1.32 bits per heavy atom. The Labute approximate surface area is 128 Å². The topological polar surface area (TPSA) is 68.5 Å². The Morgan fingerprint density at radius 2 is 2.18 bits per heavy atom. The number of aromatic nitrogens is 2. The zero-order chi connectivity index (χ0) is 15.1. The van der Waals surface area contributed by atoms with Gasteiger partial charge in [0.25, 0.3) is 5.91 Å². The van der Waals surface area contributed by atoms with E-state index < -0.39 is 0 Å². The Kier molecular flexibility index (Phi) is 3.18. The van der Waals surface area contributed by atoms with Crippen LogP contribution in [0.3, 0.4) is 0 Å². The van der Waals surface area contributed by atoms with Gasteiger partial charge in [-0.15, -0.1) is 0 Å². The standard InChI is InChI=1S/C16H17N3O3/c1-10-17-15(18-22-10)14-3-2-6-19(14)16(20)11-4-5-12-8-21-9-13(12)7-11/h4-5,7,14H,2-3,6,8-9H2,1H3. The smallest absolute Gasteiger partial charge is 0.254 e. The maximum Gasteiger partial charge on any atom is 0.254 e. The van der Waals surface area contributed by atoms with Crippen molar-refractivity contribution in [3.05, 3.63) is 46.6 Å². The summed E-state index contributed by atoms with van der Waals surface area (Å²) in [6.07, 6.45) is 1.83. The number of carbonyl (C=O) groups is 1. The maximum atomic E-state index is 12.8. The summed E-state index contributed by atoms with van der Waals surface area (Å²) < 4.78 is 10.5. The van der Waals surface area contributed by atoms with Gasteiger partial charge in [0.1, 0.15) is 0 Å². The van der Waals surface area contributed by atoms with E-state index in [1.54, 1.807) is 6.92 Å². The second-order valence-corrected chi connectivity index (χ2v) is 5.80. The van der Waals surface area contributed by atoms with Gasteiger partial charge in [0, 0.05) is 19.0 Å². The van der Waals surface area contributed by atoms with Gasteiger partial charge in [0.05, 0.1) is 19.3 Å². The fourth-order valence-electron chi connectivity index (χ4n) is 3.20. The predicted octanol–water partition coefficient (Wildman–Crippen LogP) is 2.39. The van der Waals surface area contributed by atoms with E-state index in [4.69, 9.17) is 9.26 Å². The molecule has 0 radical (unpaired) electrons. The van der Waals surface area contributed by atoms with Crippen molar-refractivity contribution in [2.45, 2.75) is 39.0 Å². The highest BCUT2D eigenvalue weighted by atomic mass is 16.5. The van der Waals surface area contributed by atoms with Crippen molar-refractivity contribution in [2.75, 3.05) is 6.54 Å². The quantitative estimate of drug-likeness (QED) is 0.851. The molecule has 2 aromatic rings. The van der Waals surface area contributed by atoms with Gasteiger partial charge in [-0.25, -0.2) is 0 Å². The van der Waals surface area contributed by atoms with Crippen LogP contribution in [0.1, 0.15) is 52.1 Å². The first-order valence-electron chi connectivity index (χ1n) is 7.53. The van der Waals surface area contributed by atoms with Crippen LogP contribution in [0.4, 0.5) is 0 Å². The molecule has 0 N–H and O–H groups in total. The van der Waals surface area contributed by atoms with Gasteiger partial charge in [0.15, 0.2) is 5.82 Å². The van der Waals surface area contributed by atoms with Crippen LogP contribution >= 0.6 is 0 Å². The third-order valence-corrected chi connectivity index (χ3v) is 4.32. The minimum absolute atomic E-state index is 0.0275. The van der Waals surface area contributed by atoms with Gasteiger partial charge in [-0.2, -0.15) is 4.98 Å².